The summed E-state index contributed by atoms with van der Waals surface area (Å²) in [5, 5.41) is 5.50. The normalized spacial score (nSPS) is 24.9. The van der Waals surface area contributed by atoms with Gasteiger partial charge in [-0.3, -0.25) is 10.3 Å². The summed E-state index contributed by atoms with van der Waals surface area (Å²) in [6.07, 6.45) is 3.51. The SMILES string of the molecule is CC1(C)[C@@H]2CN(C(=O)Nc3nc(-c4cccnc4)cs3)C[C@H]21. The van der Waals surface area contributed by atoms with Crippen LogP contribution in [0.4, 0.5) is 9.93 Å². The van der Waals surface area contributed by atoms with Gasteiger partial charge in [-0.05, 0) is 29.4 Å². The van der Waals surface area contributed by atoms with Gasteiger partial charge < -0.3 is 4.90 Å². The first-order chi connectivity index (χ1) is 10.6. The summed E-state index contributed by atoms with van der Waals surface area (Å²) >= 11 is 1.45. The number of anilines is 1. The second-order valence-electron chi connectivity index (χ2n) is 6.65. The van der Waals surface area contributed by atoms with Gasteiger partial charge in [-0.2, -0.15) is 0 Å². The average molecular weight is 314 g/mol. The fraction of sp³-hybridized carbons (Fsp3) is 0.438. The number of nitrogens with one attached hydrogen (secondary N) is 1. The van der Waals surface area contributed by atoms with Crippen molar-refractivity contribution in [2.45, 2.75) is 13.8 Å². The van der Waals surface area contributed by atoms with E-state index in [2.05, 4.69) is 29.1 Å². The number of likely N-dealkylation sites (tertiary alicyclic amines) is 1. The molecule has 2 fully saturated rings. The van der Waals surface area contributed by atoms with Gasteiger partial charge in [0, 0.05) is 36.4 Å². The van der Waals surface area contributed by atoms with Crippen molar-refractivity contribution in [2.24, 2.45) is 17.3 Å². The maximum absolute atomic E-state index is 12.3. The zero-order chi connectivity index (χ0) is 15.3. The molecule has 4 rings (SSSR count). The lowest BCUT2D eigenvalue weighted by Crippen LogP contribution is -2.36. The van der Waals surface area contributed by atoms with Gasteiger partial charge in [-0.1, -0.05) is 13.8 Å². The van der Waals surface area contributed by atoms with E-state index in [1.165, 1.54) is 11.3 Å². The van der Waals surface area contributed by atoms with Gasteiger partial charge in [0.25, 0.3) is 0 Å². The molecule has 6 heteroatoms. The van der Waals surface area contributed by atoms with Crippen LogP contribution in [0.1, 0.15) is 13.8 Å². The van der Waals surface area contributed by atoms with E-state index in [0.29, 0.717) is 22.4 Å². The summed E-state index contributed by atoms with van der Waals surface area (Å²) in [4.78, 5) is 22.8. The number of rotatable bonds is 2. The number of nitrogens with zero attached hydrogens (tertiary/aromatic N) is 3. The molecule has 2 aliphatic rings. The molecule has 1 N–H and O–H groups in total. The van der Waals surface area contributed by atoms with E-state index in [-0.39, 0.29) is 6.03 Å². The van der Waals surface area contributed by atoms with E-state index in [9.17, 15) is 4.79 Å². The molecule has 0 unspecified atom stereocenters. The van der Waals surface area contributed by atoms with E-state index in [1.54, 1.807) is 12.4 Å². The summed E-state index contributed by atoms with van der Waals surface area (Å²) in [5.41, 5.74) is 2.23. The Kier molecular flexibility index (Phi) is 2.97. The minimum absolute atomic E-state index is 0.0323. The number of pyridine rings is 1. The van der Waals surface area contributed by atoms with Crippen LogP contribution in [0.3, 0.4) is 0 Å². The molecule has 0 aromatic carbocycles. The number of urea groups is 1. The highest BCUT2D eigenvalue weighted by Gasteiger charge is 2.62. The Labute approximate surface area is 133 Å². The number of amides is 2. The van der Waals surface area contributed by atoms with Crippen LogP contribution in [0.15, 0.2) is 29.9 Å². The standard InChI is InChI=1S/C16H18N4OS/c1-16(2)11-7-20(8-12(11)16)15(21)19-14-18-13(9-22-14)10-4-3-5-17-6-10/h3-6,9,11-12H,7-8H2,1-2H3,(H,18,19,21)/t11-,12-/m1/s1. The Balaban J connectivity index is 1.40. The monoisotopic (exact) mass is 314 g/mol. The number of hydrogen-bond acceptors (Lipinski definition) is 4. The van der Waals surface area contributed by atoms with Gasteiger partial charge in [0.15, 0.2) is 5.13 Å². The van der Waals surface area contributed by atoms with E-state index in [4.69, 9.17) is 0 Å². The maximum atomic E-state index is 12.3. The Morgan fingerprint density at radius 1 is 1.41 bits per heavy atom. The molecule has 114 valence electrons. The third-order valence-electron chi connectivity index (χ3n) is 5.08. The van der Waals surface area contributed by atoms with Gasteiger partial charge in [-0.25, -0.2) is 9.78 Å². The molecule has 2 atom stereocenters. The van der Waals surface area contributed by atoms with Gasteiger partial charge in [0.1, 0.15) is 0 Å². The third-order valence-corrected chi connectivity index (χ3v) is 5.84. The molecule has 5 nitrogen and oxygen atoms in total. The molecule has 2 amide bonds. The molecular formula is C16H18N4OS. The van der Waals surface area contributed by atoms with Crippen molar-refractivity contribution < 1.29 is 4.79 Å². The largest absolute Gasteiger partial charge is 0.324 e. The summed E-state index contributed by atoms with van der Waals surface area (Å²) in [6, 6.07) is 3.81. The third kappa shape index (κ3) is 2.18. The Morgan fingerprint density at radius 2 is 2.18 bits per heavy atom. The smallest absolute Gasteiger partial charge is 0.323 e. The lowest BCUT2D eigenvalue weighted by atomic mass is 10.1. The lowest BCUT2D eigenvalue weighted by molar-refractivity contribution is 0.209. The Morgan fingerprint density at radius 3 is 2.86 bits per heavy atom. The summed E-state index contributed by atoms with van der Waals surface area (Å²) in [5.74, 6) is 1.33. The molecule has 1 aliphatic heterocycles. The number of carbonyl (C=O) groups excluding carboxylic acids is 1. The topological polar surface area (TPSA) is 58.1 Å². The molecule has 22 heavy (non-hydrogen) atoms. The van der Waals surface area contributed by atoms with Crippen LogP contribution in [0, 0.1) is 17.3 Å². The first-order valence-electron chi connectivity index (χ1n) is 7.47. The predicted octanol–water partition coefficient (Wildman–Crippen LogP) is 3.32. The molecule has 2 aromatic heterocycles. The highest BCUT2D eigenvalue weighted by atomic mass is 32.1. The second-order valence-corrected chi connectivity index (χ2v) is 7.51. The number of piperidine rings is 1. The molecule has 0 bridgehead atoms. The van der Waals surface area contributed by atoms with Crippen LogP contribution >= 0.6 is 11.3 Å². The van der Waals surface area contributed by atoms with E-state index < -0.39 is 0 Å². The van der Waals surface area contributed by atoms with Gasteiger partial charge >= 0.3 is 6.03 Å². The summed E-state index contributed by atoms with van der Waals surface area (Å²) in [6.45, 7) is 6.31. The highest BCUT2D eigenvalue weighted by molar-refractivity contribution is 7.14. The molecular weight excluding hydrogens is 296 g/mol. The zero-order valence-electron chi connectivity index (χ0n) is 12.6. The average Bonchev–Trinajstić information content (AvgIpc) is 2.98. The Hall–Kier alpha value is -1.95. The van der Waals surface area contributed by atoms with Crippen LogP contribution in [0.25, 0.3) is 11.3 Å². The molecule has 3 heterocycles. The fourth-order valence-electron chi connectivity index (χ4n) is 3.45. The Bertz CT molecular complexity index is 698. The summed E-state index contributed by atoms with van der Waals surface area (Å²) in [7, 11) is 0. The van der Waals surface area contributed by atoms with Crippen molar-refractivity contribution in [2.75, 3.05) is 18.4 Å². The number of carbonyl (C=O) groups is 1. The number of fused-ring (bicyclic) bond motifs is 1. The molecule has 1 saturated carbocycles. The van der Waals surface area contributed by atoms with Crippen LogP contribution in [-0.2, 0) is 0 Å². The molecule has 2 aromatic rings. The van der Waals surface area contributed by atoms with Gasteiger partial charge in [0.05, 0.1) is 5.69 Å². The second kappa shape index (κ2) is 4.78. The minimum Gasteiger partial charge on any atom is -0.324 e. The van der Waals surface area contributed by atoms with Gasteiger partial charge in [0.2, 0.25) is 0 Å². The minimum atomic E-state index is -0.0323. The zero-order valence-corrected chi connectivity index (χ0v) is 13.4. The predicted molar refractivity (Wildman–Crippen MR) is 86.7 cm³/mol. The van der Waals surface area contributed by atoms with Crippen LogP contribution in [-0.4, -0.2) is 34.0 Å². The highest BCUT2D eigenvalue weighted by Crippen LogP contribution is 2.61. The van der Waals surface area contributed by atoms with E-state index >= 15 is 0 Å². The van der Waals surface area contributed by atoms with Crippen LogP contribution in [0.5, 0.6) is 0 Å². The molecule has 1 saturated heterocycles. The fourth-order valence-corrected chi connectivity index (χ4v) is 4.16. The van der Waals surface area contributed by atoms with Crippen LogP contribution < -0.4 is 5.32 Å². The van der Waals surface area contributed by atoms with Crippen molar-refractivity contribution in [1.29, 1.82) is 0 Å². The first kappa shape index (κ1) is 13.7. The van der Waals surface area contributed by atoms with Gasteiger partial charge in [-0.15, -0.1) is 11.3 Å². The number of aromatic nitrogens is 2. The number of hydrogen-bond donors (Lipinski definition) is 1. The van der Waals surface area contributed by atoms with Crippen molar-refractivity contribution in [1.82, 2.24) is 14.9 Å². The first-order valence-corrected chi connectivity index (χ1v) is 8.35. The van der Waals surface area contributed by atoms with Crippen molar-refractivity contribution in [3.05, 3.63) is 29.9 Å². The number of thiazole rings is 1. The maximum Gasteiger partial charge on any atom is 0.323 e. The molecule has 0 radical (unpaired) electrons. The summed E-state index contributed by atoms with van der Waals surface area (Å²) < 4.78 is 0. The molecule has 1 aliphatic carbocycles. The quantitative estimate of drug-likeness (QED) is 0.925. The van der Waals surface area contributed by atoms with E-state index in [0.717, 1.165) is 24.3 Å². The van der Waals surface area contributed by atoms with Crippen molar-refractivity contribution >= 4 is 22.5 Å². The van der Waals surface area contributed by atoms with E-state index in [1.807, 2.05) is 22.4 Å². The lowest BCUT2D eigenvalue weighted by Gasteiger charge is -2.21. The molecule has 0 spiro atoms. The van der Waals surface area contributed by atoms with Crippen molar-refractivity contribution in [3.8, 4) is 11.3 Å². The van der Waals surface area contributed by atoms with Crippen LogP contribution in [0.2, 0.25) is 0 Å². The van der Waals surface area contributed by atoms with Crippen molar-refractivity contribution in [3.63, 3.8) is 0 Å².